The lowest BCUT2D eigenvalue weighted by Gasteiger charge is -2.32. The number of carbonyl (C=O) groups is 2. The van der Waals surface area contributed by atoms with Crippen molar-refractivity contribution in [3.8, 4) is 5.75 Å². The maximum absolute atomic E-state index is 15.0. The first-order valence-electron chi connectivity index (χ1n) is 11.2. The predicted molar refractivity (Wildman–Crippen MR) is 123 cm³/mol. The van der Waals surface area contributed by atoms with E-state index >= 15 is 0 Å². The lowest BCUT2D eigenvalue weighted by molar-refractivity contribution is -0.123. The Morgan fingerprint density at radius 1 is 1.09 bits per heavy atom. The van der Waals surface area contributed by atoms with Crippen molar-refractivity contribution < 1.29 is 23.1 Å². The van der Waals surface area contributed by atoms with Crippen LogP contribution in [-0.4, -0.2) is 24.5 Å². The van der Waals surface area contributed by atoms with E-state index in [2.05, 4.69) is 5.32 Å². The average Bonchev–Trinajstić information content (AvgIpc) is 3.53. The molecule has 1 aromatic heterocycles. The van der Waals surface area contributed by atoms with Crippen molar-refractivity contribution in [2.75, 3.05) is 11.5 Å². The maximum Gasteiger partial charge on any atom is 0.295 e. The van der Waals surface area contributed by atoms with Crippen molar-refractivity contribution in [2.45, 2.75) is 44.7 Å². The molecule has 1 heterocycles. The van der Waals surface area contributed by atoms with Crippen LogP contribution in [0.5, 0.6) is 5.75 Å². The summed E-state index contributed by atoms with van der Waals surface area (Å²) in [6.07, 6.45) is 5.22. The minimum atomic E-state index is -1.10. The predicted octanol–water partition coefficient (Wildman–Crippen LogP) is 5.26. The van der Waals surface area contributed by atoms with E-state index in [1.165, 1.54) is 29.4 Å². The number of benzene rings is 2. The molecular formula is C26H27FN2O4. The lowest BCUT2D eigenvalue weighted by atomic mass is 10.0. The average molecular weight is 451 g/mol. The summed E-state index contributed by atoms with van der Waals surface area (Å²) in [5, 5.41) is 3.07. The van der Waals surface area contributed by atoms with Gasteiger partial charge in [0.25, 0.3) is 5.91 Å². The molecule has 0 bridgehead atoms. The second kappa shape index (κ2) is 10.3. The lowest BCUT2D eigenvalue weighted by Crippen LogP contribution is -2.46. The fourth-order valence-corrected chi connectivity index (χ4v) is 4.21. The highest BCUT2D eigenvalue weighted by atomic mass is 19.1. The zero-order valence-corrected chi connectivity index (χ0v) is 18.5. The van der Waals surface area contributed by atoms with Gasteiger partial charge < -0.3 is 14.5 Å². The Morgan fingerprint density at radius 3 is 2.45 bits per heavy atom. The second-order valence-corrected chi connectivity index (χ2v) is 8.00. The zero-order valence-electron chi connectivity index (χ0n) is 18.5. The molecule has 4 rings (SSSR count). The van der Waals surface area contributed by atoms with Crippen molar-refractivity contribution >= 4 is 17.5 Å². The number of hydrogen-bond acceptors (Lipinski definition) is 4. The molecule has 1 aliphatic carbocycles. The van der Waals surface area contributed by atoms with Crippen molar-refractivity contribution in [3.05, 3.63) is 84.1 Å². The van der Waals surface area contributed by atoms with E-state index in [1.54, 1.807) is 42.5 Å². The smallest absolute Gasteiger partial charge is 0.295 e. The molecule has 2 amide bonds. The molecule has 1 aliphatic rings. The normalized spacial score (nSPS) is 14.6. The molecule has 172 valence electrons. The van der Waals surface area contributed by atoms with Crippen molar-refractivity contribution in [1.82, 2.24) is 5.32 Å². The van der Waals surface area contributed by atoms with Crippen LogP contribution in [0.3, 0.4) is 0 Å². The number of carbonyl (C=O) groups excluding carboxylic acids is 2. The third-order valence-corrected chi connectivity index (χ3v) is 5.78. The van der Waals surface area contributed by atoms with Gasteiger partial charge in [0.05, 0.1) is 18.6 Å². The van der Waals surface area contributed by atoms with Gasteiger partial charge in [-0.05, 0) is 61.7 Å². The van der Waals surface area contributed by atoms with Crippen LogP contribution >= 0.6 is 0 Å². The van der Waals surface area contributed by atoms with Crippen LogP contribution in [0.25, 0.3) is 0 Å². The Kier molecular flexibility index (Phi) is 7.07. The number of rotatable bonds is 8. The fraction of sp³-hybridized carbons (Fsp3) is 0.308. The molecule has 2 aromatic carbocycles. The fourth-order valence-electron chi connectivity index (χ4n) is 4.21. The van der Waals surface area contributed by atoms with Crippen LogP contribution in [0, 0.1) is 5.82 Å². The number of nitrogens with one attached hydrogen (secondary N) is 1. The molecule has 0 aliphatic heterocycles. The Morgan fingerprint density at radius 2 is 1.82 bits per heavy atom. The van der Waals surface area contributed by atoms with Crippen molar-refractivity contribution in [1.29, 1.82) is 0 Å². The van der Waals surface area contributed by atoms with E-state index in [0.29, 0.717) is 17.9 Å². The molecule has 0 radical (unpaired) electrons. The van der Waals surface area contributed by atoms with E-state index in [1.807, 2.05) is 6.92 Å². The van der Waals surface area contributed by atoms with E-state index < -0.39 is 17.8 Å². The summed E-state index contributed by atoms with van der Waals surface area (Å²) in [6.45, 7) is 2.39. The molecule has 1 fully saturated rings. The molecular weight excluding hydrogens is 423 g/mol. The molecule has 33 heavy (non-hydrogen) atoms. The molecule has 3 aromatic rings. The second-order valence-electron chi connectivity index (χ2n) is 8.00. The van der Waals surface area contributed by atoms with Crippen LogP contribution in [0.15, 0.2) is 71.3 Å². The van der Waals surface area contributed by atoms with Gasteiger partial charge in [0.15, 0.2) is 5.76 Å². The molecule has 1 atom stereocenters. The third-order valence-electron chi connectivity index (χ3n) is 5.78. The Balaban J connectivity index is 1.80. The van der Waals surface area contributed by atoms with E-state index in [0.717, 1.165) is 25.7 Å². The topological polar surface area (TPSA) is 71.8 Å². The summed E-state index contributed by atoms with van der Waals surface area (Å²) in [5.74, 6) is -0.921. The molecule has 0 unspecified atom stereocenters. The highest BCUT2D eigenvalue weighted by Gasteiger charge is 2.37. The Bertz CT molecular complexity index is 1080. The van der Waals surface area contributed by atoms with Crippen molar-refractivity contribution in [3.63, 3.8) is 0 Å². The van der Waals surface area contributed by atoms with Crippen LogP contribution in [0.2, 0.25) is 0 Å². The molecule has 1 saturated carbocycles. The van der Waals surface area contributed by atoms with Crippen LogP contribution in [0.4, 0.5) is 10.1 Å². The number of hydrogen-bond donors (Lipinski definition) is 1. The highest BCUT2D eigenvalue weighted by molar-refractivity contribution is 6.08. The van der Waals surface area contributed by atoms with Gasteiger partial charge in [0.2, 0.25) is 5.91 Å². The van der Waals surface area contributed by atoms with Gasteiger partial charge in [0.1, 0.15) is 17.6 Å². The number of furan rings is 1. The van der Waals surface area contributed by atoms with Gasteiger partial charge in [-0.25, -0.2) is 4.39 Å². The third kappa shape index (κ3) is 5.08. The first kappa shape index (κ1) is 22.6. The SMILES string of the molecule is CCOc1ccc([C@@H](C(=O)NC2CCCC2)N(C(=O)c2ccco2)c2ccccc2F)cc1. The quantitative estimate of drug-likeness (QED) is 0.508. The minimum absolute atomic E-state index is 0.000596. The first-order chi connectivity index (χ1) is 16.1. The summed E-state index contributed by atoms with van der Waals surface area (Å²) in [6, 6.07) is 14.9. The number of para-hydroxylation sites is 1. The summed E-state index contributed by atoms with van der Waals surface area (Å²) >= 11 is 0. The molecule has 7 heteroatoms. The minimum Gasteiger partial charge on any atom is -0.494 e. The molecule has 0 spiro atoms. The Labute approximate surface area is 192 Å². The molecule has 6 nitrogen and oxygen atoms in total. The number of ether oxygens (including phenoxy) is 1. The van der Waals surface area contributed by atoms with Gasteiger partial charge in [-0.15, -0.1) is 0 Å². The van der Waals surface area contributed by atoms with Gasteiger partial charge in [-0.1, -0.05) is 37.1 Å². The van der Waals surface area contributed by atoms with Crippen LogP contribution < -0.4 is 15.0 Å². The number of halogens is 1. The van der Waals surface area contributed by atoms with Gasteiger partial charge in [0, 0.05) is 6.04 Å². The highest BCUT2D eigenvalue weighted by Crippen LogP contribution is 2.33. The number of anilines is 1. The van der Waals surface area contributed by atoms with Crippen LogP contribution in [0.1, 0.15) is 54.8 Å². The van der Waals surface area contributed by atoms with Gasteiger partial charge in [-0.2, -0.15) is 0 Å². The van der Waals surface area contributed by atoms with Gasteiger partial charge in [-0.3, -0.25) is 14.5 Å². The largest absolute Gasteiger partial charge is 0.494 e. The molecule has 1 N–H and O–H groups in total. The van der Waals surface area contributed by atoms with Crippen molar-refractivity contribution in [2.24, 2.45) is 0 Å². The summed E-state index contributed by atoms with van der Waals surface area (Å²) < 4.78 is 25.8. The zero-order chi connectivity index (χ0) is 23.2. The number of nitrogens with zero attached hydrogens (tertiary/aromatic N) is 1. The van der Waals surface area contributed by atoms with E-state index in [4.69, 9.17) is 9.15 Å². The summed E-state index contributed by atoms with van der Waals surface area (Å²) in [5.41, 5.74) is 0.538. The maximum atomic E-state index is 15.0. The summed E-state index contributed by atoms with van der Waals surface area (Å²) in [4.78, 5) is 28.3. The Hall–Kier alpha value is -3.61. The standard InChI is InChI=1S/C26H27FN2O4/c1-2-32-20-15-13-18(14-16-20)24(25(30)28-19-8-3-4-9-19)29(22-11-6-5-10-21(22)27)26(31)23-12-7-17-33-23/h5-7,10-17,19,24H,2-4,8-9H2,1H3,(H,28,30)/t24-/m0/s1. The summed E-state index contributed by atoms with van der Waals surface area (Å²) in [7, 11) is 0. The van der Waals surface area contributed by atoms with E-state index in [-0.39, 0.29) is 23.4 Å². The number of amides is 2. The van der Waals surface area contributed by atoms with Gasteiger partial charge >= 0.3 is 0 Å². The van der Waals surface area contributed by atoms with E-state index in [9.17, 15) is 14.0 Å². The first-order valence-corrected chi connectivity index (χ1v) is 11.2. The monoisotopic (exact) mass is 450 g/mol. The molecule has 0 saturated heterocycles. The van der Waals surface area contributed by atoms with Crippen LogP contribution in [-0.2, 0) is 4.79 Å².